The van der Waals surface area contributed by atoms with Gasteiger partial charge in [0.1, 0.15) is 11.5 Å². The summed E-state index contributed by atoms with van der Waals surface area (Å²) in [6, 6.07) is 2.84. The lowest BCUT2D eigenvalue weighted by Crippen LogP contribution is -2.29. The highest BCUT2D eigenvalue weighted by molar-refractivity contribution is 6.36. The van der Waals surface area contributed by atoms with Crippen molar-refractivity contribution in [1.29, 1.82) is 0 Å². The lowest BCUT2D eigenvalue weighted by Gasteiger charge is -2.12. The van der Waals surface area contributed by atoms with Gasteiger partial charge in [-0.15, -0.1) is 13.2 Å². The molecular weight excluding hydrogens is 355 g/mol. The molecule has 130 valence electrons. The van der Waals surface area contributed by atoms with Crippen LogP contribution in [0.3, 0.4) is 0 Å². The molecule has 0 fully saturated rings. The maximum atomic E-state index is 11.5. The van der Waals surface area contributed by atoms with Gasteiger partial charge in [-0.05, 0) is 6.07 Å². The van der Waals surface area contributed by atoms with E-state index in [9.17, 15) is 9.59 Å². The minimum absolute atomic E-state index is 0.219. The summed E-state index contributed by atoms with van der Waals surface area (Å²) in [7, 11) is 0. The summed E-state index contributed by atoms with van der Waals surface area (Å²) >= 11 is 12.0. The molecule has 0 aromatic heterocycles. The summed E-state index contributed by atoms with van der Waals surface area (Å²) < 4.78 is 10.7. The monoisotopic (exact) mass is 372 g/mol. The average Bonchev–Trinajstić information content (AvgIpc) is 2.56. The number of amides is 2. The minimum Gasteiger partial charge on any atom is -0.482 e. The maximum Gasteiger partial charge on any atom is 0.258 e. The topological polar surface area (TPSA) is 76.7 Å². The highest BCUT2D eigenvalue weighted by atomic mass is 35.5. The highest BCUT2D eigenvalue weighted by Gasteiger charge is 2.12. The van der Waals surface area contributed by atoms with Gasteiger partial charge in [-0.25, -0.2) is 0 Å². The molecule has 0 aliphatic heterocycles. The number of carbonyl (C=O) groups is 2. The molecule has 2 N–H and O–H groups in total. The summed E-state index contributed by atoms with van der Waals surface area (Å²) in [6.45, 7) is 7.21. The summed E-state index contributed by atoms with van der Waals surface area (Å²) in [5.41, 5.74) is 0. The van der Waals surface area contributed by atoms with Crippen LogP contribution < -0.4 is 20.1 Å². The van der Waals surface area contributed by atoms with Crippen molar-refractivity contribution in [2.75, 3.05) is 26.3 Å². The molecule has 0 aliphatic rings. The van der Waals surface area contributed by atoms with Gasteiger partial charge in [0.25, 0.3) is 11.8 Å². The first-order chi connectivity index (χ1) is 11.5. The molecule has 0 spiro atoms. The molecule has 0 unspecified atom stereocenters. The molecule has 0 saturated heterocycles. The number of benzene rings is 1. The van der Waals surface area contributed by atoms with Gasteiger partial charge in [-0.2, -0.15) is 0 Å². The predicted octanol–water partition coefficient (Wildman–Crippen LogP) is 2.36. The van der Waals surface area contributed by atoms with E-state index in [1.54, 1.807) is 12.2 Å². The fraction of sp³-hybridized carbons (Fsp3) is 0.250. The number of ether oxygens (including phenoxy) is 2. The molecule has 0 heterocycles. The van der Waals surface area contributed by atoms with E-state index in [2.05, 4.69) is 23.8 Å². The van der Waals surface area contributed by atoms with Crippen LogP contribution in [0.1, 0.15) is 0 Å². The molecule has 8 heteroatoms. The predicted molar refractivity (Wildman–Crippen MR) is 93.9 cm³/mol. The maximum absolute atomic E-state index is 11.5. The van der Waals surface area contributed by atoms with Crippen molar-refractivity contribution in [3.8, 4) is 11.5 Å². The lowest BCUT2D eigenvalue weighted by molar-refractivity contribution is -0.123. The molecule has 0 saturated carbocycles. The van der Waals surface area contributed by atoms with E-state index in [0.29, 0.717) is 13.1 Å². The number of hydrogen-bond donors (Lipinski definition) is 2. The van der Waals surface area contributed by atoms with Crippen LogP contribution in [0.4, 0.5) is 0 Å². The zero-order valence-corrected chi connectivity index (χ0v) is 14.5. The van der Waals surface area contributed by atoms with Crippen molar-refractivity contribution in [3.63, 3.8) is 0 Å². The number of rotatable bonds is 10. The largest absolute Gasteiger partial charge is 0.482 e. The Hall–Kier alpha value is -2.18. The number of halogens is 2. The average molecular weight is 373 g/mol. The Labute approximate surface area is 150 Å². The van der Waals surface area contributed by atoms with E-state index in [1.807, 2.05) is 0 Å². The summed E-state index contributed by atoms with van der Waals surface area (Å²) in [6.07, 6.45) is 3.10. The smallest absolute Gasteiger partial charge is 0.258 e. The first-order valence-electron chi connectivity index (χ1n) is 6.97. The van der Waals surface area contributed by atoms with E-state index < -0.39 is 0 Å². The third kappa shape index (κ3) is 6.93. The lowest BCUT2D eigenvalue weighted by atomic mass is 10.3. The summed E-state index contributed by atoms with van der Waals surface area (Å²) in [4.78, 5) is 23.0. The van der Waals surface area contributed by atoms with Crippen LogP contribution >= 0.6 is 23.2 Å². The Morgan fingerprint density at radius 1 is 0.917 bits per heavy atom. The number of nitrogens with one attached hydrogen (secondary N) is 2. The van der Waals surface area contributed by atoms with Gasteiger partial charge in [-0.1, -0.05) is 35.4 Å². The Kier molecular flexibility index (Phi) is 8.75. The molecule has 1 aromatic rings. The molecule has 0 bridgehead atoms. The molecular formula is C16H18Cl2N2O4. The molecule has 1 aromatic carbocycles. The first-order valence-corrected chi connectivity index (χ1v) is 7.73. The van der Waals surface area contributed by atoms with Crippen LogP contribution in [0, 0.1) is 0 Å². The van der Waals surface area contributed by atoms with Crippen LogP contribution in [0.2, 0.25) is 10.0 Å². The Bertz CT molecular complexity index is 571. The van der Waals surface area contributed by atoms with E-state index in [1.165, 1.54) is 12.1 Å². The van der Waals surface area contributed by atoms with Gasteiger partial charge >= 0.3 is 0 Å². The van der Waals surface area contributed by atoms with Crippen LogP contribution in [-0.2, 0) is 9.59 Å². The quantitative estimate of drug-likeness (QED) is 0.618. The zero-order valence-electron chi connectivity index (χ0n) is 12.9. The normalized spacial score (nSPS) is 9.75. The third-order valence-electron chi connectivity index (χ3n) is 2.59. The van der Waals surface area contributed by atoms with Gasteiger partial charge in [0, 0.05) is 19.2 Å². The van der Waals surface area contributed by atoms with E-state index >= 15 is 0 Å². The first kappa shape index (κ1) is 19.9. The van der Waals surface area contributed by atoms with Crippen molar-refractivity contribution in [1.82, 2.24) is 10.6 Å². The molecule has 24 heavy (non-hydrogen) atoms. The van der Waals surface area contributed by atoms with E-state index in [-0.39, 0.29) is 46.6 Å². The molecule has 0 aliphatic carbocycles. The van der Waals surface area contributed by atoms with Crippen LogP contribution in [-0.4, -0.2) is 38.1 Å². The van der Waals surface area contributed by atoms with Crippen molar-refractivity contribution in [2.24, 2.45) is 0 Å². The van der Waals surface area contributed by atoms with Crippen LogP contribution in [0.25, 0.3) is 0 Å². The van der Waals surface area contributed by atoms with Crippen molar-refractivity contribution >= 4 is 35.0 Å². The van der Waals surface area contributed by atoms with Gasteiger partial charge in [0.05, 0.1) is 10.0 Å². The van der Waals surface area contributed by atoms with Crippen molar-refractivity contribution in [2.45, 2.75) is 0 Å². The standard InChI is InChI=1S/C16H18Cl2N2O4/c1-3-5-19-15(21)9-23-13-8-14(12(18)7-11(13)17)24-10-16(22)20-6-4-2/h3-4,7-8H,1-2,5-6,9-10H2,(H,19,21)(H,20,22). The Morgan fingerprint density at radius 3 is 1.71 bits per heavy atom. The fourth-order valence-electron chi connectivity index (χ4n) is 1.49. The van der Waals surface area contributed by atoms with Crippen LogP contribution in [0.5, 0.6) is 11.5 Å². The second-order valence-electron chi connectivity index (χ2n) is 4.48. The Balaban J connectivity index is 2.67. The van der Waals surface area contributed by atoms with Crippen LogP contribution in [0.15, 0.2) is 37.4 Å². The highest BCUT2D eigenvalue weighted by Crippen LogP contribution is 2.35. The third-order valence-corrected chi connectivity index (χ3v) is 3.18. The van der Waals surface area contributed by atoms with Gasteiger partial charge in [-0.3, -0.25) is 9.59 Å². The second-order valence-corrected chi connectivity index (χ2v) is 5.29. The van der Waals surface area contributed by atoms with Gasteiger partial charge < -0.3 is 20.1 Å². The van der Waals surface area contributed by atoms with Crippen molar-refractivity contribution in [3.05, 3.63) is 47.5 Å². The van der Waals surface area contributed by atoms with E-state index in [4.69, 9.17) is 32.7 Å². The zero-order chi connectivity index (χ0) is 17.9. The number of hydrogen-bond acceptors (Lipinski definition) is 4. The van der Waals surface area contributed by atoms with E-state index in [0.717, 1.165) is 0 Å². The molecule has 6 nitrogen and oxygen atoms in total. The fourth-order valence-corrected chi connectivity index (χ4v) is 1.98. The summed E-state index contributed by atoms with van der Waals surface area (Å²) in [5, 5.41) is 5.57. The van der Waals surface area contributed by atoms with Gasteiger partial charge in [0.15, 0.2) is 13.2 Å². The molecule has 1 rings (SSSR count). The SMILES string of the molecule is C=CCNC(=O)COc1cc(OCC(=O)NCC=C)c(Cl)cc1Cl. The second kappa shape index (κ2) is 10.6. The Morgan fingerprint density at radius 2 is 1.33 bits per heavy atom. The van der Waals surface area contributed by atoms with Gasteiger partial charge in [0.2, 0.25) is 0 Å². The molecule has 2 amide bonds. The minimum atomic E-state index is -0.327. The van der Waals surface area contributed by atoms with Crippen molar-refractivity contribution < 1.29 is 19.1 Å². The molecule has 0 atom stereocenters. The summed E-state index contributed by atoms with van der Waals surface area (Å²) in [5.74, 6) is -0.216. The number of carbonyl (C=O) groups excluding carboxylic acids is 2. The molecule has 0 radical (unpaired) electrons.